The van der Waals surface area contributed by atoms with Gasteiger partial charge in [-0.2, -0.15) is 39.5 Å². The highest BCUT2D eigenvalue weighted by Crippen LogP contribution is 2.44. The van der Waals surface area contributed by atoms with E-state index in [1.54, 1.807) is 4.90 Å². The first-order chi connectivity index (χ1) is 18.0. The largest absolute Gasteiger partial charge is 0.507 e. The topological polar surface area (TPSA) is 43.7 Å². The number of hydrogen-bond acceptors (Lipinski definition) is 3. The number of phenolic OH excluding ortho intramolecular Hbond substituents is 1. The number of alkyl halides is 9. The van der Waals surface area contributed by atoms with E-state index in [1.807, 2.05) is 0 Å². The van der Waals surface area contributed by atoms with E-state index >= 15 is 0 Å². The Bertz CT molecular complexity index is 1240. The molecule has 1 aliphatic heterocycles. The van der Waals surface area contributed by atoms with Crippen LogP contribution in [0.3, 0.4) is 0 Å². The summed E-state index contributed by atoms with van der Waals surface area (Å²) in [5, 5.41) is 22.4. The molecule has 1 atom stereocenters. The van der Waals surface area contributed by atoms with Gasteiger partial charge < -0.3 is 10.2 Å². The van der Waals surface area contributed by atoms with Gasteiger partial charge in [0.2, 0.25) is 0 Å². The van der Waals surface area contributed by atoms with E-state index in [1.165, 1.54) is 6.07 Å². The van der Waals surface area contributed by atoms with Gasteiger partial charge in [-0.15, -0.1) is 0 Å². The van der Waals surface area contributed by atoms with Gasteiger partial charge in [0.1, 0.15) is 11.4 Å². The van der Waals surface area contributed by atoms with E-state index in [2.05, 4.69) is 0 Å². The van der Waals surface area contributed by atoms with Crippen LogP contribution in [0.15, 0.2) is 66.7 Å². The number of nitrogens with zero attached hydrogens (tertiary/aromatic N) is 1. The second-order valence-electron chi connectivity index (χ2n) is 9.36. The van der Waals surface area contributed by atoms with Crippen LogP contribution < -0.4 is 0 Å². The average Bonchev–Trinajstić information content (AvgIpc) is 3.32. The zero-order valence-electron chi connectivity index (χ0n) is 20.0. The van der Waals surface area contributed by atoms with E-state index in [-0.39, 0.29) is 36.2 Å². The van der Waals surface area contributed by atoms with Gasteiger partial charge in [0.25, 0.3) is 0 Å². The van der Waals surface area contributed by atoms with Crippen molar-refractivity contribution in [3.8, 4) is 5.75 Å². The molecule has 3 nitrogen and oxygen atoms in total. The van der Waals surface area contributed by atoms with Crippen LogP contribution in [-0.4, -0.2) is 27.7 Å². The molecule has 12 heteroatoms. The van der Waals surface area contributed by atoms with Crippen LogP contribution in [0.1, 0.15) is 46.2 Å². The Labute approximate surface area is 217 Å². The fraction of sp³-hybridized carbons (Fsp3) is 0.333. The predicted octanol–water partition coefficient (Wildman–Crippen LogP) is 7.35. The summed E-state index contributed by atoms with van der Waals surface area (Å²) < 4.78 is 119. The number of phenols is 1. The standard InChI is InChI=1S/C27H22F9NO2/c28-25(29,30)19-10-6-17(7-11-19)24(39,18-8-12-20(13-9-18)26(31,32)33)22-5-2-14-37(22)15-16-3-1-4-21(23(16)38)27(34,35)36/h1,3-4,6-13,22,38-39H,2,5,14-15H2/t22-/m0/s1. The fourth-order valence-corrected chi connectivity index (χ4v) is 5.03. The molecule has 0 aromatic heterocycles. The van der Waals surface area contributed by atoms with Crippen LogP contribution in [0.5, 0.6) is 5.75 Å². The van der Waals surface area contributed by atoms with E-state index in [0.717, 1.165) is 54.6 Å². The second-order valence-corrected chi connectivity index (χ2v) is 9.36. The lowest BCUT2D eigenvalue weighted by atomic mass is 9.78. The van der Waals surface area contributed by atoms with Gasteiger partial charge >= 0.3 is 18.5 Å². The summed E-state index contributed by atoms with van der Waals surface area (Å²) in [4.78, 5) is 1.56. The first-order valence-corrected chi connectivity index (χ1v) is 11.7. The predicted molar refractivity (Wildman–Crippen MR) is 122 cm³/mol. The summed E-state index contributed by atoms with van der Waals surface area (Å²) in [6.07, 6.45) is -13.5. The van der Waals surface area contributed by atoms with Crippen LogP contribution in [-0.2, 0) is 30.7 Å². The Hall–Kier alpha value is -3.25. The van der Waals surface area contributed by atoms with Crippen LogP contribution in [0.2, 0.25) is 0 Å². The molecule has 0 amide bonds. The summed E-state index contributed by atoms with van der Waals surface area (Å²) in [6, 6.07) is 9.20. The Morgan fingerprint density at radius 2 is 1.13 bits per heavy atom. The summed E-state index contributed by atoms with van der Waals surface area (Å²) >= 11 is 0. The third-order valence-electron chi connectivity index (χ3n) is 6.95. The molecule has 0 bridgehead atoms. The van der Waals surface area contributed by atoms with Crippen LogP contribution in [0.4, 0.5) is 39.5 Å². The van der Waals surface area contributed by atoms with E-state index in [4.69, 9.17) is 0 Å². The molecule has 0 spiro atoms. The van der Waals surface area contributed by atoms with Gasteiger partial charge in [-0.25, -0.2) is 0 Å². The average molecular weight is 563 g/mol. The van der Waals surface area contributed by atoms with Crippen molar-refractivity contribution in [1.82, 2.24) is 4.90 Å². The Morgan fingerprint density at radius 3 is 1.56 bits per heavy atom. The fourth-order valence-electron chi connectivity index (χ4n) is 5.03. The smallest absolute Gasteiger partial charge is 0.419 e. The maximum Gasteiger partial charge on any atom is 0.419 e. The molecule has 1 saturated heterocycles. The van der Waals surface area contributed by atoms with E-state index < -0.39 is 52.6 Å². The van der Waals surface area contributed by atoms with Crippen molar-refractivity contribution in [1.29, 1.82) is 0 Å². The number of halogens is 9. The van der Waals surface area contributed by atoms with Crippen LogP contribution in [0, 0.1) is 0 Å². The minimum absolute atomic E-state index is 0.0413. The molecular weight excluding hydrogens is 541 g/mol. The molecule has 0 saturated carbocycles. The van der Waals surface area contributed by atoms with Gasteiger partial charge in [-0.05, 0) is 60.8 Å². The Morgan fingerprint density at radius 1 is 0.667 bits per heavy atom. The van der Waals surface area contributed by atoms with Crippen molar-refractivity contribution in [3.05, 3.63) is 100 Å². The molecule has 2 N–H and O–H groups in total. The van der Waals surface area contributed by atoms with E-state index in [0.29, 0.717) is 12.5 Å². The Kier molecular flexibility index (Phi) is 7.41. The molecule has 1 fully saturated rings. The number of benzene rings is 3. The molecular formula is C27H22F9NO2. The molecule has 210 valence electrons. The number of hydrogen-bond donors (Lipinski definition) is 2. The maximum absolute atomic E-state index is 13.3. The number of para-hydroxylation sites is 1. The quantitative estimate of drug-likeness (QED) is 0.319. The van der Waals surface area contributed by atoms with Gasteiger partial charge in [-0.3, -0.25) is 4.90 Å². The zero-order valence-corrected chi connectivity index (χ0v) is 20.0. The number of aromatic hydroxyl groups is 1. The van der Waals surface area contributed by atoms with Gasteiger partial charge in [-0.1, -0.05) is 36.4 Å². The molecule has 1 aliphatic rings. The monoisotopic (exact) mass is 563 g/mol. The lowest BCUT2D eigenvalue weighted by Gasteiger charge is -2.40. The van der Waals surface area contributed by atoms with Crippen molar-refractivity contribution < 1.29 is 49.7 Å². The minimum atomic E-state index is -4.83. The van der Waals surface area contributed by atoms with Gasteiger partial charge in [0, 0.05) is 18.2 Å². The molecule has 0 radical (unpaired) electrons. The molecule has 4 rings (SSSR count). The molecule has 0 unspecified atom stereocenters. The minimum Gasteiger partial charge on any atom is -0.507 e. The lowest BCUT2D eigenvalue weighted by molar-refractivity contribution is -0.139. The number of aliphatic hydroxyl groups is 1. The highest BCUT2D eigenvalue weighted by molar-refractivity contribution is 5.44. The van der Waals surface area contributed by atoms with Crippen molar-refractivity contribution in [3.63, 3.8) is 0 Å². The first-order valence-electron chi connectivity index (χ1n) is 11.7. The number of likely N-dealkylation sites (tertiary alicyclic amines) is 1. The normalized spacial score (nSPS) is 17.5. The van der Waals surface area contributed by atoms with Crippen molar-refractivity contribution in [2.75, 3.05) is 6.54 Å². The molecule has 3 aromatic carbocycles. The molecule has 3 aromatic rings. The summed E-state index contributed by atoms with van der Waals surface area (Å²) in [7, 11) is 0. The van der Waals surface area contributed by atoms with Crippen molar-refractivity contribution in [2.45, 2.75) is 49.6 Å². The van der Waals surface area contributed by atoms with Crippen LogP contribution >= 0.6 is 0 Å². The highest BCUT2D eigenvalue weighted by Gasteiger charge is 2.46. The van der Waals surface area contributed by atoms with Crippen molar-refractivity contribution >= 4 is 0 Å². The molecule has 0 aliphatic carbocycles. The maximum atomic E-state index is 13.3. The van der Waals surface area contributed by atoms with Crippen molar-refractivity contribution in [2.24, 2.45) is 0 Å². The zero-order chi connectivity index (χ0) is 28.8. The summed E-state index contributed by atoms with van der Waals surface area (Å²) in [5.74, 6) is -0.997. The molecule has 39 heavy (non-hydrogen) atoms. The SMILES string of the molecule is Oc1c(CN2CCC[C@H]2C(O)(c2ccc(C(F)(F)F)cc2)c2ccc(C(F)(F)F)cc2)cccc1C(F)(F)F. The summed E-state index contributed by atoms with van der Waals surface area (Å²) in [5.41, 5.74) is -5.57. The van der Waals surface area contributed by atoms with Gasteiger partial charge in [0.05, 0.1) is 16.7 Å². The Balaban J connectivity index is 1.79. The molecule has 1 heterocycles. The van der Waals surface area contributed by atoms with Crippen LogP contribution in [0.25, 0.3) is 0 Å². The second kappa shape index (κ2) is 10.1. The highest BCUT2D eigenvalue weighted by atomic mass is 19.4. The van der Waals surface area contributed by atoms with E-state index in [9.17, 15) is 49.7 Å². The lowest BCUT2D eigenvalue weighted by Crippen LogP contribution is -2.48. The first kappa shape index (κ1) is 28.8. The third-order valence-corrected chi connectivity index (χ3v) is 6.95. The number of rotatable bonds is 5. The van der Waals surface area contributed by atoms with Gasteiger partial charge in [0.15, 0.2) is 0 Å². The third kappa shape index (κ3) is 5.72. The summed E-state index contributed by atoms with van der Waals surface area (Å²) in [6.45, 7) is -0.0199.